The van der Waals surface area contributed by atoms with E-state index in [1.54, 1.807) is 48.5 Å². The summed E-state index contributed by atoms with van der Waals surface area (Å²) in [6.45, 7) is 2.02. The number of hydrogen-bond acceptors (Lipinski definition) is 5. The number of carbonyl (C=O) groups excluding carboxylic acids is 2. The van der Waals surface area contributed by atoms with Gasteiger partial charge in [-0.3, -0.25) is 9.59 Å². The third-order valence-electron chi connectivity index (χ3n) is 7.97. The minimum atomic E-state index is -1.10. The lowest BCUT2D eigenvalue weighted by molar-refractivity contribution is -0.129. The molecule has 2 amide bonds. The van der Waals surface area contributed by atoms with Crippen LogP contribution in [0.25, 0.3) is 0 Å². The summed E-state index contributed by atoms with van der Waals surface area (Å²) in [6, 6.07) is 14.9. The number of aromatic hydroxyl groups is 1. The van der Waals surface area contributed by atoms with Crippen LogP contribution in [0.3, 0.4) is 0 Å². The van der Waals surface area contributed by atoms with Crippen molar-refractivity contribution in [2.24, 2.45) is 18.4 Å². The molecule has 35 heavy (non-hydrogen) atoms. The van der Waals surface area contributed by atoms with E-state index >= 15 is 0 Å². The largest absolute Gasteiger partial charge is 0.508 e. The van der Waals surface area contributed by atoms with Crippen molar-refractivity contribution in [1.82, 2.24) is 13.9 Å². The molecule has 3 aromatic rings. The first-order chi connectivity index (χ1) is 16.7. The molecule has 9 heteroatoms. The molecule has 1 saturated heterocycles. The molecule has 178 valence electrons. The van der Waals surface area contributed by atoms with Crippen molar-refractivity contribution in [1.29, 1.82) is 0 Å². The predicted octanol–water partition coefficient (Wildman–Crippen LogP) is 1.92. The lowest BCUT2D eigenvalue weighted by atomic mass is 9.56. The number of nitrogens with zero attached hydrogens (tertiary/aromatic N) is 4. The second-order valence-corrected chi connectivity index (χ2v) is 9.68. The predicted molar refractivity (Wildman–Crippen MR) is 127 cm³/mol. The Morgan fingerprint density at radius 3 is 2.31 bits per heavy atom. The number of para-hydroxylation sites is 1. The summed E-state index contributed by atoms with van der Waals surface area (Å²) >= 11 is 0. The lowest BCUT2D eigenvalue weighted by Crippen LogP contribution is -2.49. The Bertz CT molecular complexity index is 1530. The van der Waals surface area contributed by atoms with Crippen LogP contribution in [0.5, 0.6) is 5.75 Å². The number of hydrogen-bond donors (Lipinski definition) is 1. The van der Waals surface area contributed by atoms with Gasteiger partial charge in [-0.15, -0.1) is 0 Å². The van der Waals surface area contributed by atoms with E-state index in [1.165, 1.54) is 21.3 Å². The Morgan fingerprint density at radius 1 is 0.943 bits per heavy atom. The Morgan fingerprint density at radius 2 is 1.63 bits per heavy atom. The molecule has 9 nitrogen and oxygen atoms in total. The molecule has 0 unspecified atom stereocenters. The number of anilines is 1. The molecule has 3 aliphatic rings. The number of rotatable bonds is 2. The summed E-state index contributed by atoms with van der Waals surface area (Å²) in [5.74, 6) is -1.74. The standard InChI is InChI=1S/C26H24N4O5/c1-26-19(22(32)29(23(26)33)16-6-4-3-5-7-16)14-20-18(21(26)15-8-10-17(31)11-9-15)12-13-28-24(34)27(2)25(35)30(20)28/h3-12,19-21,31H,13-14H2,1-2H3/t19-,20+,21-,26+/m0/s1. The van der Waals surface area contributed by atoms with Crippen molar-refractivity contribution in [3.05, 3.63) is 92.8 Å². The number of fused-ring (bicyclic) bond motifs is 4. The van der Waals surface area contributed by atoms with Gasteiger partial charge in [0.15, 0.2) is 0 Å². The molecule has 3 heterocycles. The number of allylic oxidation sites excluding steroid dienone is 2. The van der Waals surface area contributed by atoms with Gasteiger partial charge in [-0.05, 0) is 48.7 Å². The van der Waals surface area contributed by atoms with Gasteiger partial charge in [0.25, 0.3) is 0 Å². The normalized spacial score (nSPS) is 27.3. The van der Waals surface area contributed by atoms with E-state index in [0.717, 1.165) is 15.7 Å². The maximum atomic E-state index is 14.1. The molecule has 1 aliphatic carbocycles. The van der Waals surface area contributed by atoms with Gasteiger partial charge in [0.2, 0.25) is 11.8 Å². The number of imide groups is 1. The first-order valence-electron chi connectivity index (χ1n) is 11.6. The maximum Gasteiger partial charge on any atom is 0.347 e. The lowest BCUT2D eigenvalue weighted by Gasteiger charge is -2.47. The fraction of sp³-hybridized carbons (Fsp3) is 0.308. The van der Waals surface area contributed by atoms with E-state index in [2.05, 4.69) is 0 Å². The van der Waals surface area contributed by atoms with Gasteiger partial charge in [-0.2, -0.15) is 0 Å². The quantitative estimate of drug-likeness (QED) is 0.453. The van der Waals surface area contributed by atoms with Crippen LogP contribution in [0.2, 0.25) is 0 Å². The summed E-state index contributed by atoms with van der Waals surface area (Å²) in [6.07, 6.45) is 2.14. The second-order valence-electron chi connectivity index (χ2n) is 9.68. The molecule has 0 spiro atoms. The highest BCUT2D eigenvalue weighted by Gasteiger charge is 2.65. The zero-order chi connectivity index (χ0) is 24.6. The summed E-state index contributed by atoms with van der Waals surface area (Å²) < 4.78 is 3.90. The highest BCUT2D eigenvalue weighted by Crippen LogP contribution is 2.61. The Balaban J connectivity index is 1.59. The van der Waals surface area contributed by atoms with Gasteiger partial charge in [-0.25, -0.2) is 28.4 Å². The van der Waals surface area contributed by atoms with E-state index in [9.17, 15) is 24.3 Å². The molecule has 1 saturated carbocycles. The summed E-state index contributed by atoms with van der Waals surface area (Å²) in [5.41, 5.74) is 0.135. The fourth-order valence-corrected chi connectivity index (χ4v) is 6.26. The summed E-state index contributed by atoms with van der Waals surface area (Å²) in [7, 11) is 1.44. The molecule has 1 aromatic heterocycles. The van der Waals surface area contributed by atoms with E-state index in [-0.39, 0.29) is 30.5 Å². The maximum absolute atomic E-state index is 14.1. The van der Waals surface area contributed by atoms with Gasteiger partial charge in [0, 0.05) is 13.0 Å². The van der Waals surface area contributed by atoms with Crippen molar-refractivity contribution >= 4 is 17.5 Å². The van der Waals surface area contributed by atoms with Gasteiger partial charge in [0.05, 0.1) is 29.6 Å². The van der Waals surface area contributed by atoms with Crippen LogP contribution in [0, 0.1) is 11.3 Å². The molecular formula is C26H24N4O5. The smallest absolute Gasteiger partial charge is 0.347 e. The number of aromatic nitrogens is 3. The Labute approximate surface area is 200 Å². The highest BCUT2D eigenvalue weighted by molar-refractivity contribution is 6.24. The van der Waals surface area contributed by atoms with Crippen LogP contribution >= 0.6 is 0 Å². The molecule has 2 fully saturated rings. The summed E-state index contributed by atoms with van der Waals surface area (Å²) in [4.78, 5) is 54.9. The topological polar surface area (TPSA) is 107 Å². The van der Waals surface area contributed by atoms with Crippen LogP contribution in [-0.2, 0) is 23.2 Å². The van der Waals surface area contributed by atoms with Crippen LogP contribution in [0.1, 0.15) is 30.9 Å². The third-order valence-corrected chi connectivity index (χ3v) is 7.97. The van der Waals surface area contributed by atoms with Crippen molar-refractivity contribution in [3.63, 3.8) is 0 Å². The van der Waals surface area contributed by atoms with E-state index in [1.807, 2.05) is 19.1 Å². The number of carbonyl (C=O) groups is 2. The van der Waals surface area contributed by atoms with Crippen LogP contribution in [0.15, 0.2) is 75.8 Å². The molecular weight excluding hydrogens is 448 g/mol. The van der Waals surface area contributed by atoms with Crippen molar-refractivity contribution in [2.45, 2.75) is 31.8 Å². The third kappa shape index (κ3) is 2.69. The van der Waals surface area contributed by atoms with Crippen LogP contribution in [-0.4, -0.2) is 30.9 Å². The molecule has 6 rings (SSSR count). The molecule has 0 bridgehead atoms. The van der Waals surface area contributed by atoms with Gasteiger partial charge < -0.3 is 5.11 Å². The Hall–Kier alpha value is -4.14. The number of benzene rings is 2. The first kappa shape index (κ1) is 21.4. The number of phenols is 1. The molecule has 2 aromatic carbocycles. The SMILES string of the molecule is Cn1c(=O)n2n(c1=O)[C@@H]1C[C@H]3C(=O)N(c4ccccc4)C(=O)[C@@]3(C)[C@@H](c3ccc(O)cc3)C1=CC2. The molecule has 1 N–H and O–H groups in total. The average Bonchev–Trinajstić information content (AvgIpc) is 3.20. The highest BCUT2D eigenvalue weighted by atomic mass is 16.3. The van der Waals surface area contributed by atoms with E-state index in [4.69, 9.17) is 0 Å². The van der Waals surface area contributed by atoms with Crippen molar-refractivity contribution < 1.29 is 14.7 Å². The van der Waals surface area contributed by atoms with Gasteiger partial charge >= 0.3 is 11.4 Å². The Kier molecular flexibility index (Phi) is 4.39. The second kappa shape index (κ2) is 7.18. The van der Waals surface area contributed by atoms with Crippen LogP contribution < -0.4 is 16.3 Å². The minimum Gasteiger partial charge on any atom is -0.508 e. The van der Waals surface area contributed by atoms with Crippen molar-refractivity contribution in [2.75, 3.05) is 4.90 Å². The van der Waals surface area contributed by atoms with E-state index < -0.39 is 34.7 Å². The number of amides is 2. The summed E-state index contributed by atoms with van der Waals surface area (Å²) in [5, 5.41) is 9.89. The van der Waals surface area contributed by atoms with Crippen molar-refractivity contribution in [3.8, 4) is 5.75 Å². The van der Waals surface area contributed by atoms with Crippen LogP contribution in [0.4, 0.5) is 5.69 Å². The van der Waals surface area contributed by atoms with Gasteiger partial charge in [-0.1, -0.05) is 36.4 Å². The van der Waals surface area contributed by atoms with E-state index in [0.29, 0.717) is 5.69 Å². The average molecular weight is 473 g/mol. The fourth-order valence-electron chi connectivity index (χ4n) is 6.26. The monoisotopic (exact) mass is 472 g/mol. The molecule has 4 atom stereocenters. The molecule has 0 radical (unpaired) electrons. The molecule has 2 aliphatic heterocycles. The zero-order valence-corrected chi connectivity index (χ0v) is 19.3. The number of phenolic OH excluding ortho intramolecular Hbond substituents is 1. The van der Waals surface area contributed by atoms with Gasteiger partial charge in [0.1, 0.15) is 5.75 Å². The minimum absolute atomic E-state index is 0.0910. The zero-order valence-electron chi connectivity index (χ0n) is 19.3. The first-order valence-corrected chi connectivity index (χ1v) is 11.6.